The van der Waals surface area contributed by atoms with Crippen molar-refractivity contribution in [2.45, 2.75) is 38.8 Å². The van der Waals surface area contributed by atoms with Crippen molar-refractivity contribution in [1.29, 1.82) is 0 Å². The molecule has 0 saturated heterocycles. The molecule has 0 fully saturated rings. The molecule has 0 heterocycles. The molecule has 8 heteroatoms. The van der Waals surface area contributed by atoms with Gasteiger partial charge in [0, 0.05) is 5.56 Å². The third kappa shape index (κ3) is 7.78. The minimum atomic E-state index is -1.20. The van der Waals surface area contributed by atoms with Crippen LogP contribution in [0, 0.1) is 0 Å². The van der Waals surface area contributed by atoms with Crippen molar-refractivity contribution in [3.63, 3.8) is 0 Å². The zero-order valence-electron chi connectivity index (χ0n) is 15.3. The fourth-order valence-corrected chi connectivity index (χ4v) is 1.98. The van der Waals surface area contributed by atoms with Gasteiger partial charge in [-0.05, 0) is 32.9 Å². The van der Waals surface area contributed by atoms with Crippen LogP contribution < -0.4 is 10.6 Å². The van der Waals surface area contributed by atoms with Crippen LogP contribution in [0.25, 0.3) is 0 Å². The number of amides is 2. The van der Waals surface area contributed by atoms with E-state index in [1.165, 1.54) is 0 Å². The summed E-state index contributed by atoms with van der Waals surface area (Å²) in [6.45, 7) is 4.72. The van der Waals surface area contributed by atoms with E-state index < -0.39 is 35.4 Å². The van der Waals surface area contributed by atoms with Crippen molar-refractivity contribution >= 4 is 23.8 Å². The highest BCUT2D eigenvalue weighted by Crippen LogP contribution is 2.10. The smallest absolute Gasteiger partial charge is 0.328 e. The Morgan fingerprint density at radius 3 is 2.23 bits per heavy atom. The summed E-state index contributed by atoms with van der Waals surface area (Å²) in [4.78, 5) is 47.5. The Morgan fingerprint density at radius 1 is 1.08 bits per heavy atom. The van der Waals surface area contributed by atoms with Gasteiger partial charge < -0.3 is 20.1 Å². The number of carbonyl (C=O) groups excluding carboxylic acids is 4. The van der Waals surface area contributed by atoms with E-state index in [1.54, 1.807) is 51.1 Å². The van der Waals surface area contributed by atoms with Crippen molar-refractivity contribution in [3.8, 4) is 0 Å². The highest BCUT2D eigenvalue weighted by atomic mass is 16.6. The molecule has 1 atom stereocenters. The molecule has 0 spiro atoms. The van der Waals surface area contributed by atoms with Gasteiger partial charge >= 0.3 is 11.9 Å². The van der Waals surface area contributed by atoms with Gasteiger partial charge in [0.2, 0.25) is 5.91 Å². The standard InChI is InChI=1S/C18H24N2O6/c1-18(2,3)26-15(22)10-13(17(24)25-4)20-14(21)11-19-16(23)12-8-6-5-7-9-12/h5-9,13H,10-11H2,1-4H3,(H,19,23)(H,20,21)/t13-/m0/s1. The van der Waals surface area contributed by atoms with Crippen LogP contribution in [0.4, 0.5) is 0 Å². The Balaban J connectivity index is 2.58. The summed E-state index contributed by atoms with van der Waals surface area (Å²) < 4.78 is 9.72. The minimum Gasteiger partial charge on any atom is -0.467 e. The minimum absolute atomic E-state index is 0.352. The number of hydrogen-bond donors (Lipinski definition) is 2. The van der Waals surface area contributed by atoms with Gasteiger partial charge in [-0.3, -0.25) is 14.4 Å². The van der Waals surface area contributed by atoms with E-state index >= 15 is 0 Å². The zero-order valence-corrected chi connectivity index (χ0v) is 15.3. The SMILES string of the molecule is COC(=O)[C@H](CC(=O)OC(C)(C)C)NC(=O)CNC(=O)c1ccccc1. The average molecular weight is 364 g/mol. The normalized spacial score (nSPS) is 11.8. The molecule has 142 valence electrons. The van der Waals surface area contributed by atoms with Crippen molar-refractivity contribution < 1.29 is 28.7 Å². The first-order valence-electron chi connectivity index (χ1n) is 8.04. The molecule has 2 N–H and O–H groups in total. The highest BCUT2D eigenvalue weighted by molar-refractivity contribution is 5.97. The maximum Gasteiger partial charge on any atom is 0.328 e. The zero-order chi connectivity index (χ0) is 19.7. The number of esters is 2. The molecule has 26 heavy (non-hydrogen) atoms. The van der Waals surface area contributed by atoms with E-state index in [9.17, 15) is 19.2 Å². The molecule has 0 saturated carbocycles. The van der Waals surface area contributed by atoms with Crippen LogP contribution >= 0.6 is 0 Å². The molecule has 0 bridgehead atoms. The van der Waals surface area contributed by atoms with Crippen LogP contribution in [0.2, 0.25) is 0 Å². The van der Waals surface area contributed by atoms with Crippen LogP contribution in [0.3, 0.4) is 0 Å². The molecule has 0 radical (unpaired) electrons. The van der Waals surface area contributed by atoms with Gasteiger partial charge in [-0.2, -0.15) is 0 Å². The molecule has 1 aromatic rings. The first-order valence-corrected chi connectivity index (χ1v) is 8.04. The van der Waals surface area contributed by atoms with Gasteiger partial charge in [-0.1, -0.05) is 18.2 Å². The summed E-state index contributed by atoms with van der Waals surface area (Å²) >= 11 is 0. The fraction of sp³-hybridized carbons (Fsp3) is 0.444. The summed E-state index contributed by atoms with van der Waals surface area (Å²) in [6, 6.07) is 7.17. The number of hydrogen-bond acceptors (Lipinski definition) is 6. The quantitative estimate of drug-likeness (QED) is 0.693. The molecule has 0 aliphatic carbocycles. The van der Waals surface area contributed by atoms with Gasteiger partial charge in [-0.25, -0.2) is 4.79 Å². The van der Waals surface area contributed by atoms with Crippen LogP contribution in [0.15, 0.2) is 30.3 Å². The lowest BCUT2D eigenvalue weighted by Gasteiger charge is -2.22. The lowest BCUT2D eigenvalue weighted by molar-refractivity contribution is -0.159. The van der Waals surface area contributed by atoms with Crippen molar-refractivity contribution in [3.05, 3.63) is 35.9 Å². The van der Waals surface area contributed by atoms with E-state index in [-0.39, 0.29) is 13.0 Å². The fourth-order valence-electron chi connectivity index (χ4n) is 1.98. The number of benzene rings is 1. The molecule has 0 aromatic heterocycles. The third-order valence-corrected chi connectivity index (χ3v) is 3.06. The first kappa shape index (κ1) is 21.1. The lowest BCUT2D eigenvalue weighted by Crippen LogP contribution is -2.47. The Labute approximate surface area is 152 Å². The Morgan fingerprint density at radius 2 is 1.69 bits per heavy atom. The topological polar surface area (TPSA) is 111 Å². The number of methoxy groups -OCH3 is 1. The summed E-state index contributed by atoms with van der Waals surface area (Å²) in [5.41, 5.74) is -0.315. The van der Waals surface area contributed by atoms with Crippen molar-refractivity contribution in [2.75, 3.05) is 13.7 Å². The molecular formula is C18H24N2O6. The van der Waals surface area contributed by atoms with E-state index in [1.807, 2.05) is 0 Å². The summed E-state index contributed by atoms with van der Waals surface area (Å²) in [7, 11) is 1.15. The van der Waals surface area contributed by atoms with Crippen molar-refractivity contribution in [1.82, 2.24) is 10.6 Å². The highest BCUT2D eigenvalue weighted by Gasteiger charge is 2.27. The number of rotatable bonds is 7. The molecule has 2 amide bonds. The predicted octanol–water partition coefficient (Wildman–Crippen LogP) is 0.806. The maximum atomic E-state index is 12.0. The molecule has 0 unspecified atom stereocenters. The van der Waals surface area contributed by atoms with E-state index in [2.05, 4.69) is 15.4 Å². The summed E-state index contributed by atoms with van der Waals surface area (Å²) in [6.07, 6.45) is -0.373. The second kappa shape index (κ2) is 9.55. The van der Waals surface area contributed by atoms with Crippen LogP contribution in [-0.4, -0.2) is 49.1 Å². The second-order valence-electron chi connectivity index (χ2n) is 6.48. The summed E-state index contributed by atoms with van der Waals surface area (Å²) in [5.74, 6) is -2.49. The molecule has 1 rings (SSSR count). The van der Waals surface area contributed by atoms with Crippen LogP contribution in [0.5, 0.6) is 0 Å². The number of ether oxygens (including phenoxy) is 2. The molecule has 8 nitrogen and oxygen atoms in total. The largest absolute Gasteiger partial charge is 0.467 e. The van der Waals surface area contributed by atoms with Crippen LogP contribution in [-0.2, 0) is 23.9 Å². The molecule has 0 aliphatic heterocycles. The molecular weight excluding hydrogens is 340 g/mol. The van der Waals surface area contributed by atoms with Gasteiger partial charge in [0.05, 0.1) is 20.1 Å². The summed E-state index contributed by atoms with van der Waals surface area (Å²) in [5, 5.41) is 4.80. The third-order valence-electron chi connectivity index (χ3n) is 3.06. The second-order valence-corrected chi connectivity index (χ2v) is 6.48. The Kier molecular flexibility index (Phi) is 7.77. The first-order chi connectivity index (χ1) is 12.1. The van der Waals surface area contributed by atoms with Gasteiger partial charge in [0.25, 0.3) is 5.91 Å². The van der Waals surface area contributed by atoms with E-state index in [0.717, 1.165) is 7.11 Å². The van der Waals surface area contributed by atoms with Gasteiger partial charge in [0.15, 0.2) is 0 Å². The van der Waals surface area contributed by atoms with Gasteiger partial charge in [-0.15, -0.1) is 0 Å². The average Bonchev–Trinajstić information content (AvgIpc) is 2.57. The van der Waals surface area contributed by atoms with Crippen LogP contribution in [0.1, 0.15) is 37.6 Å². The lowest BCUT2D eigenvalue weighted by atomic mass is 10.1. The van der Waals surface area contributed by atoms with Gasteiger partial charge in [0.1, 0.15) is 11.6 Å². The maximum absolute atomic E-state index is 12.0. The predicted molar refractivity (Wildman–Crippen MR) is 93.2 cm³/mol. The monoisotopic (exact) mass is 364 g/mol. The molecule has 0 aliphatic rings. The van der Waals surface area contributed by atoms with Crippen molar-refractivity contribution in [2.24, 2.45) is 0 Å². The van der Waals surface area contributed by atoms with E-state index in [4.69, 9.17) is 4.74 Å². The Bertz CT molecular complexity index is 651. The Hall–Kier alpha value is -2.90. The number of carbonyl (C=O) groups is 4. The van der Waals surface area contributed by atoms with E-state index in [0.29, 0.717) is 5.56 Å². The molecule has 1 aromatic carbocycles. The number of nitrogens with one attached hydrogen (secondary N) is 2.